The third-order valence-corrected chi connectivity index (χ3v) is 6.76. The highest BCUT2D eigenvalue weighted by Crippen LogP contribution is 2.37. The monoisotopic (exact) mass is 702 g/mol. The van der Waals surface area contributed by atoms with E-state index in [2.05, 4.69) is 45.2 Å². The summed E-state index contributed by atoms with van der Waals surface area (Å²) in [6.07, 6.45) is 5.86. The van der Waals surface area contributed by atoms with Crippen LogP contribution in [0.15, 0.2) is 35.4 Å². The van der Waals surface area contributed by atoms with Crippen molar-refractivity contribution in [1.82, 2.24) is 0 Å². The molecule has 0 atom stereocenters. The van der Waals surface area contributed by atoms with Gasteiger partial charge in [-0.3, -0.25) is 14.4 Å². The van der Waals surface area contributed by atoms with E-state index in [4.69, 9.17) is 18.9 Å². The van der Waals surface area contributed by atoms with Crippen molar-refractivity contribution in [2.24, 2.45) is 0 Å². The molecule has 0 N–H and O–H groups in total. The van der Waals surface area contributed by atoms with Crippen LogP contribution in [0.3, 0.4) is 0 Å². The number of Topliss-reactive ketones (excluding diaryl/α,β-unsaturated/α-hetero) is 1. The largest absolute Gasteiger partial charge is 0.493 e. The first kappa shape index (κ1) is 27.2. The first-order chi connectivity index (χ1) is 16.6. The number of esters is 2. The molecule has 0 amide bonds. The predicted molar refractivity (Wildman–Crippen MR) is 149 cm³/mol. The summed E-state index contributed by atoms with van der Waals surface area (Å²) in [5.41, 5.74) is 2.96. The Balaban J connectivity index is 1.94. The predicted octanol–water partition coefficient (Wildman–Crippen LogP) is 5.98. The Labute approximate surface area is 231 Å². The fourth-order valence-electron chi connectivity index (χ4n) is 3.71. The average Bonchev–Trinajstić information content (AvgIpc) is 2.79. The van der Waals surface area contributed by atoms with E-state index in [-0.39, 0.29) is 5.78 Å². The summed E-state index contributed by atoms with van der Waals surface area (Å²) in [6.45, 7) is 2.67. The van der Waals surface area contributed by atoms with Crippen molar-refractivity contribution in [1.29, 1.82) is 0 Å². The van der Waals surface area contributed by atoms with E-state index < -0.39 is 11.9 Å². The van der Waals surface area contributed by atoms with Gasteiger partial charge in [-0.1, -0.05) is 0 Å². The van der Waals surface area contributed by atoms with Gasteiger partial charge in [-0.05, 0) is 112 Å². The van der Waals surface area contributed by atoms with Crippen LogP contribution in [0.2, 0.25) is 0 Å². The SMILES string of the molecule is COc1cc(/C=C2\CCC/C(=C\c3cc(I)c(OC(C)=O)c(OC)c3)C2=O)cc(I)c1OC(C)=O. The van der Waals surface area contributed by atoms with Crippen molar-refractivity contribution in [3.05, 3.63) is 53.7 Å². The van der Waals surface area contributed by atoms with Gasteiger partial charge in [-0.15, -0.1) is 0 Å². The summed E-state index contributed by atoms with van der Waals surface area (Å²) < 4.78 is 22.7. The highest BCUT2D eigenvalue weighted by Gasteiger charge is 2.22. The molecule has 1 aliphatic rings. The first-order valence-electron chi connectivity index (χ1n) is 10.7. The topological polar surface area (TPSA) is 88.1 Å². The number of hydrogen-bond donors (Lipinski definition) is 0. The number of hydrogen-bond acceptors (Lipinski definition) is 7. The lowest BCUT2D eigenvalue weighted by molar-refractivity contribution is -0.133. The molecule has 9 heteroatoms. The molecule has 3 rings (SSSR count). The zero-order valence-corrected chi connectivity index (χ0v) is 24.0. The molecule has 0 aromatic heterocycles. The molecule has 2 aromatic carbocycles. The summed E-state index contributed by atoms with van der Waals surface area (Å²) in [6, 6.07) is 7.19. The Kier molecular flexibility index (Phi) is 9.34. The molecule has 2 aromatic rings. The molecule has 0 aliphatic heterocycles. The summed E-state index contributed by atoms with van der Waals surface area (Å²) in [7, 11) is 3.01. The molecule has 0 heterocycles. The second-order valence-corrected chi connectivity index (χ2v) is 10.1. The van der Waals surface area contributed by atoms with E-state index in [1.807, 2.05) is 24.3 Å². The molecule has 7 nitrogen and oxygen atoms in total. The first-order valence-corrected chi connectivity index (χ1v) is 12.9. The molecule has 0 saturated heterocycles. The smallest absolute Gasteiger partial charge is 0.308 e. The van der Waals surface area contributed by atoms with Crippen molar-refractivity contribution in [2.75, 3.05) is 14.2 Å². The highest BCUT2D eigenvalue weighted by molar-refractivity contribution is 14.1. The second-order valence-electron chi connectivity index (χ2n) is 7.78. The Morgan fingerprint density at radius 2 is 1.17 bits per heavy atom. The highest BCUT2D eigenvalue weighted by atomic mass is 127. The Morgan fingerprint density at radius 1 is 0.771 bits per heavy atom. The molecule has 184 valence electrons. The van der Waals surface area contributed by atoms with Crippen LogP contribution in [-0.2, 0) is 14.4 Å². The molecule has 1 saturated carbocycles. The van der Waals surface area contributed by atoms with Crippen LogP contribution in [0.1, 0.15) is 44.2 Å². The number of benzene rings is 2. The Bertz CT molecular complexity index is 1150. The lowest BCUT2D eigenvalue weighted by Gasteiger charge is -2.18. The molecule has 0 radical (unpaired) electrons. The summed E-state index contributed by atoms with van der Waals surface area (Å²) >= 11 is 4.16. The van der Waals surface area contributed by atoms with E-state index in [1.54, 1.807) is 12.1 Å². The maximum atomic E-state index is 13.3. The van der Waals surface area contributed by atoms with Gasteiger partial charge in [-0.25, -0.2) is 0 Å². The van der Waals surface area contributed by atoms with Crippen molar-refractivity contribution in [3.63, 3.8) is 0 Å². The average molecular weight is 702 g/mol. The van der Waals surface area contributed by atoms with E-state index in [1.165, 1.54) is 28.1 Å². The minimum Gasteiger partial charge on any atom is -0.493 e. The number of carbonyl (C=O) groups is 3. The number of rotatable bonds is 6. The minimum absolute atomic E-state index is 0.0210. The third kappa shape index (κ3) is 6.84. The lowest BCUT2D eigenvalue weighted by Crippen LogP contribution is -2.12. The number of carbonyl (C=O) groups excluding carboxylic acids is 3. The van der Waals surface area contributed by atoms with E-state index >= 15 is 0 Å². The van der Waals surface area contributed by atoms with E-state index in [0.717, 1.165) is 17.5 Å². The third-order valence-electron chi connectivity index (χ3n) is 5.15. The maximum absolute atomic E-state index is 13.3. The lowest BCUT2D eigenvalue weighted by atomic mass is 9.87. The van der Waals surface area contributed by atoms with Crippen molar-refractivity contribution >= 4 is 75.1 Å². The number of ketones is 1. The van der Waals surface area contributed by atoms with E-state index in [0.29, 0.717) is 54.1 Å². The molecule has 1 aliphatic carbocycles. The molecule has 35 heavy (non-hydrogen) atoms. The standard InChI is InChI=1S/C26H24I2O7/c1-14(29)34-25-20(27)10-16(12-22(25)32-3)8-18-6-5-7-19(24(18)31)9-17-11-21(28)26(35-15(2)30)23(13-17)33-4/h8-13H,5-7H2,1-4H3/b18-8+,19-9+. The summed E-state index contributed by atoms with van der Waals surface area (Å²) in [5.74, 6) is 0.680. The quantitative estimate of drug-likeness (QED) is 0.159. The van der Waals surface area contributed by atoms with Crippen LogP contribution in [-0.4, -0.2) is 31.9 Å². The van der Waals surface area contributed by atoms with Gasteiger partial charge in [0.15, 0.2) is 28.8 Å². The summed E-state index contributed by atoms with van der Waals surface area (Å²) in [4.78, 5) is 36.1. The van der Waals surface area contributed by atoms with E-state index in [9.17, 15) is 14.4 Å². The van der Waals surface area contributed by atoms with Crippen LogP contribution in [0.5, 0.6) is 23.0 Å². The zero-order valence-electron chi connectivity index (χ0n) is 19.7. The fraction of sp³-hybridized carbons (Fsp3) is 0.269. The number of allylic oxidation sites excluding steroid dienone is 2. The van der Waals surface area contributed by atoms with Crippen molar-refractivity contribution in [3.8, 4) is 23.0 Å². The number of halogens is 2. The van der Waals surface area contributed by atoms with Gasteiger partial charge in [0.25, 0.3) is 0 Å². The van der Waals surface area contributed by atoms with Gasteiger partial charge in [0.05, 0.1) is 21.4 Å². The summed E-state index contributed by atoms with van der Waals surface area (Å²) in [5, 5.41) is 0. The van der Waals surface area contributed by atoms with Gasteiger partial charge in [-0.2, -0.15) is 0 Å². The molecule has 0 spiro atoms. The van der Waals surface area contributed by atoms with Crippen LogP contribution >= 0.6 is 45.2 Å². The van der Waals surface area contributed by atoms with Gasteiger partial charge >= 0.3 is 11.9 Å². The number of ether oxygens (including phenoxy) is 4. The van der Waals surface area contributed by atoms with Crippen LogP contribution in [0.25, 0.3) is 12.2 Å². The normalized spacial score (nSPS) is 15.8. The van der Waals surface area contributed by atoms with Crippen molar-refractivity contribution < 1.29 is 33.3 Å². The van der Waals surface area contributed by atoms with Gasteiger partial charge in [0.2, 0.25) is 0 Å². The van der Waals surface area contributed by atoms with Crippen molar-refractivity contribution in [2.45, 2.75) is 33.1 Å². The second kappa shape index (κ2) is 12.0. The van der Waals surface area contributed by atoms with Gasteiger partial charge in [0, 0.05) is 25.0 Å². The molecule has 0 bridgehead atoms. The minimum atomic E-state index is -0.434. The molecule has 0 unspecified atom stereocenters. The fourth-order valence-corrected chi connectivity index (χ4v) is 5.18. The molecule has 1 fully saturated rings. The van der Waals surface area contributed by atoms with Crippen LogP contribution in [0, 0.1) is 7.14 Å². The van der Waals surface area contributed by atoms with Gasteiger partial charge < -0.3 is 18.9 Å². The number of methoxy groups -OCH3 is 2. The van der Waals surface area contributed by atoms with Crippen LogP contribution in [0.4, 0.5) is 0 Å². The maximum Gasteiger partial charge on any atom is 0.308 e. The Hall–Kier alpha value is -2.41. The van der Waals surface area contributed by atoms with Crippen LogP contribution < -0.4 is 18.9 Å². The molecular formula is C26H24I2O7. The molecular weight excluding hydrogens is 678 g/mol. The Morgan fingerprint density at radius 3 is 1.51 bits per heavy atom. The van der Waals surface area contributed by atoms with Gasteiger partial charge in [0.1, 0.15) is 0 Å². The zero-order chi connectivity index (χ0) is 25.7.